The van der Waals surface area contributed by atoms with Crippen molar-refractivity contribution >= 4 is 41.3 Å². The predicted octanol–water partition coefficient (Wildman–Crippen LogP) is 4.92. The number of para-hydroxylation sites is 1. The quantitative estimate of drug-likeness (QED) is 0.348. The molecule has 0 atom stereocenters. The van der Waals surface area contributed by atoms with E-state index in [4.69, 9.17) is 9.72 Å². The maximum Gasteiger partial charge on any atom is 0.229 e. The Morgan fingerprint density at radius 3 is 2.57 bits per heavy atom. The van der Waals surface area contributed by atoms with E-state index in [9.17, 15) is 4.57 Å². The van der Waals surface area contributed by atoms with E-state index >= 15 is 0 Å². The zero-order valence-corrected chi connectivity index (χ0v) is 22.9. The Balaban J connectivity index is 1.53. The van der Waals surface area contributed by atoms with Crippen LogP contribution in [0.25, 0.3) is 11.1 Å². The zero-order valence-electron chi connectivity index (χ0n) is 22.0. The highest BCUT2D eigenvalue weighted by molar-refractivity contribution is 7.70. The Hall–Kier alpha value is -3.84. The van der Waals surface area contributed by atoms with Gasteiger partial charge in [-0.2, -0.15) is 10.1 Å². The van der Waals surface area contributed by atoms with E-state index in [2.05, 4.69) is 38.7 Å². The van der Waals surface area contributed by atoms with Gasteiger partial charge in [-0.3, -0.25) is 4.68 Å². The van der Waals surface area contributed by atoms with Crippen molar-refractivity contribution in [3.63, 3.8) is 0 Å². The minimum Gasteiger partial charge on any atom is -0.494 e. The van der Waals surface area contributed by atoms with Gasteiger partial charge in [0.25, 0.3) is 0 Å². The number of benzene rings is 2. The number of aryl methyl sites for hydroxylation is 2. The van der Waals surface area contributed by atoms with Gasteiger partial charge >= 0.3 is 0 Å². The standard InChI is InChI=1S/C27H32N7O2P/c1-17-15-28-27(32-26(17)30-20-9-7-8-10-25(20)37(5,6)35)31-21-13-18-19-16-29-34(3)22(19)11-12-33(2)23(18)14-24(21)36-4/h7-10,13-16H,11-12H2,1-6H3,(H2,28,30,31,32). The first kappa shape index (κ1) is 24.8. The molecule has 0 radical (unpaired) electrons. The van der Waals surface area contributed by atoms with Gasteiger partial charge in [0.05, 0.1) is 24.7 Å². The second kappa shape index (κ2) is 9.56. The predicted molar refractivity (Wildman–Crippen MR) is 151 cm³/mol. The molecule has 1 aliphatic heterocycles. The summed E-state index contributed by atoms with van der Waals surface area (Å²) in [5.41, 5.74) is 6.88. The molecule has 2 aromatic carbocycles. The monoisotopic (exact) mass is 517 g/mol. The first-order valence-electron chi connectivity index (χ1n) is 12.1. The third-order valence-electron chi connectivity index (χ3n) is 6.72. The van der Waals surface area contributed by atoms with Gasteiger partial charge in [0.1, 0.15) is 18.7 Å². The van der Waals surface area contributed by atoms with Gasteiger partial charge in [0.2, 0.25) is 5.95 Å². The molecule has 2 aromatic heterocycles. The molecule has 0 aliphatic carbocycles. The number of methoxy groups -OCH3 is 1. The number of anilines is 5. The van der Waals surface area contributed by atoms with Gasteiger partial charge < -0.3 is 24.8 Å². The fourth-order valence-corrected chi connectivity index (χ4v) is 5.83. The molecule has 0 unspecified atom stereocenters. The summed E-state index contributed by atoms with van der Waals surface area (Å²) in [5.74, 6) is 1.76. The van der Waals surface area contributed by atoms with E-state index < -0.39 is 7.14 Å². The van der Waals surface area contributed by atoms with Crippen LogP contribution in [0.1, 0.15) is 11.3 Å². The average molecular weight is 518 g/mol. The van der Waals surface area contributed by atoms with E-state index in [1.165, 1.54) is 5.69 Å². The molecule has 0 fully saturated rings. The Morgan fingerprint density at radius 1 is 1.03 bits per heavy atom. The lowest BCUT2D eigenvalue weighted by Gasteiger charge is -2.22. The van der Waals surface area contributed by atoms with Crippen molar-refractivity contribution in [2.75, 3.05) is 49.6 Å². The van der Waals surface area contributed by atoms with E-state index in [0.29, 0.717) is 17.5 Å². The number of ether oxygens (including phenoxy) is 1. The molecule has 0 saturated heterocycles. The van der Waals surface area contributed by atoms with Crippen LogP contribution in [-0.4, -0.2) is 53.8 Å². The summed E-state index contributed by atoms with van der Waals surface area (Å²) in [5, 5.41) is 12.0. The van der Waals surface area contributed by atoms with Crippen LogP contribution >= 0.6 is 7.14 Å². The summed E-state index contributed by atoms with van der Waals surface area (Å²) < 4.78 is 20.5. The Kier molecular flexibility index (Phi) is 6.42. The number of hydrogen-bond donors (Lipinski definition) is 2. The van der Waals surface area contributed by atoms with Crippen molar-refractivity contribution in [2.45, 2.75) is 13.3 Å². The second-order valence-corrected chi connectivity index (χ2v) is 12.9. The molecule has 2 N–H and O–H groups in total. The molecule has 9 nitrogen and oxygen atoms in total. The van der Waals surface area contributed by atoms with Gasteiger partial charge in [-0.05, 0) is 38.5 Å². The van der Waals surface area contributed by atoms with Crippen molar-refractivity contribution in [1.29, 1.82) is 0 Å². The fraction of sp³-hybridized carbons (Fsp3) is 0.296. The lowest BCUT2D eigenvalue weighted by atomic mass is 10.0. The number of nitrogens with one attached hydrogen (secondary N) is 2. The highest BCUT2D eigenvalue weighted by Crippen LogP contribution is 2.43. The largest absolute Gasteiger partial charge is 0.494 e. The van der Waals surface area contributed by atoms with Crippen molar-refractivity contribution in [1.82, 2.24) is 19.7 Å². The molecule has 0 saturated carbocycles. The molecule has 0 amide bonds. The topological polar surface area (TPSA) is 97.2 Å². The van der Waals surface area contributed by atoms with E-state index in [-0.39, 0.29) is 0 Å². The summed E-state index contributed by atoms with van der Waals surface area (Å²) in [6.07, 6.45) is 4.59. The number of likely N-dealkylation sites (N-methyl/N-ethyl adjacent to an activating group) is 1. The molecule has 0 spiro atoms. The summed E-state index contributed by atoms with van der Waals surface area (Å²) >= 11 is 0. The fourth-order valence-electron chi connectivity index (χ4n) is 4.67. The normalized spacial score (nSPS) is 13.0. The first-order valence-corrected chi connectivity index (χ1v) is 14.7. The van der Waals surface area contributed by atoms with E-state index in [0.717, 1.165) is 52.0 Å². The van der Waals surface area contributed by atoms with Gasteiger partial charge in [-0.25, -0.2) is 4.98 Å². The number of fused-ring (bicyclic) bond motifs is 3. The van der Waals surface area contributed by atoms with Crippen molar-refractivity contribution in [3.05, 3.63) is 60.0 Å². The minimum atomic E-state index is -2.48. The average Bonchev–Trinajstić information content (AvgIpc) is 3.17. The van der Waals surface area contributed by atoms with Crippen LogP contribution in [0.2, 0.25) is 0 Å². The van der Waals surface area contributed by atoms with Gasteiger partial charge in [0, 0.05) is 72.7 Å². The maximum absolute atomic E-state index is 12.8. The number of rotatable bonds is 6. The number of hydrogen-bond acceptors (Lipinski definition) is 8. The SMILES string of the molecule is COc1cc2c(cc1Nc1ncc(C)c(Nc3ccccc3P(C)(C)=O)n1)-c1cnn(C)c1CCN2C. The Bertz CT molecular complexity index is 1530. The Morgan fingerprint density at radius 2 is 1.81 bits per heavy atom. The van der Waals surface area contributed by atoms with Crippen molar-refractivity contribution in [3.8, 4) is 16.9 Å². The number of aromatic nitrogens is 4. The highest BCUT2D eigenvalue weighted by atomic mass is 31.2. The van der Waals surface area contributed by atoms with Gasteiger partial charge in [0.15, 0.2) is 0 Å². The van der Waals surface area contributed by atoms with Crippen LogP contribution in [0.4, 0.5) is 28.8 Å². The summed E-state index contributed by atoms with van der Waals surface area (Å²) in [7, 11) is 3.25. The lowest BCUT2D eigenvalue weighted by Crippen LogP contribution is -2.20. The van der Waals surface area contributed by atoms with Gasteiger partial charge in [-0.15, -0.1) is 0 Å². The lowest BCUT2D eigenvalue weighted by molar-refractivity contribution is 0.417. The molecular weight excluding hydrogens is 485 g/mol. The van der Waals surface area contributed by atoms with Crippen LogP contribution in [-0.2, 0) is 18.0 Å². The molecule has 1 aliphatic rings. The third-order valence-corrected chi connectivity index (χ3v) is 8.27. The summed E-state index contributed by atoms with van der Waals surface area (Å²) in [6, 6.07) is 11.7. The van der Waals surface area contributed by atoms with Crippen LogP contribution in [0, 0.1) is 6.92 Å². The van der Waals surface area contributed by atoms with Crippen LogP contribution in [0.3, 0.4) is 0 Å². The van der Waals surface area contributed by atoms with Crippen molar-refractivity contribution in [2.24, 2.45) is 7.05 Å². The molecule has 37 heavy (non-hydrogen) atoms. The minimum absolute atomic E-state index is 0.424. The molecule has 3 heterocycles. The smallest absolute Gasteiger partial charge is 0.229 e. The highest BCUT2D eigenvalue weighted by Gasteiger charge is 2.23. The first-order chi connectivity index (χ1) is 17.7. The van der Waals surface area contributed by atoms with Crippen LogP contribution in [0.15, 0.2) is 48.8 Å². The molecular formula is C27H32N7O2P. The molecule has 0 bridgehead atoms. The third kappa shape index (κ3) is 4.79. The zero-order chi connectivity index (χ0) is 26.3. The van der Waals surface area contributed by atoms with Gasteiger partial charge in [-0.1, -0.05) is 12.1 Å². The maximum atomic E-state index is 12.8. The Labute approximate surface area is 217 Å². The second-order valence-electron chi connectivity index (χ2n) is 9.71. The van der Waals surface area contributed by atoms with E-state index in [1.54, 1.807) is 26.6 Å². The summed E-state index contributed by atoms with van der Waals surface area (Å²) in [4.78, 5) is 11.5. The van der Waals surface area contributed by atoms with Crippen molar-refractivity contribution < 1.29 is 9.30 Å². The number of nitrogens with zero attached hydrogens (tertiary/aromatic N) is 5. The molecule has 5 rings (SSSR count). The molecule has 192 valence electrons. The van der Waals surface area contributed by atoms with E-state index in [1.807, 2.05) is 55.2 Å². The molecule has 10 heteroatoms. The molecule has 4 aromatic rings. The summed E-state index contributed by atoms with van der Waals surface area (Å²) in [6.45, 7) is 6.36. The van der Waals surface area contributed by atoms with Crippen LogP contribution in [0.5, 0.6) is 5.75 Å². The van der Waals surface area contributed by atoms with Crippen LogP contribution < -0.4 is 25.6 Å².